The van der Waals surface area contributed by atoms with E-state index in [9.17, 15) is 9.18 Å². The second-order valence-corrected chi connectivity index (χ2v) is 8.33. The van der Waals surface area contributed by atoms with Gasteiger partial charge in [-0.05, 0) is 36.8 Å². The molecule has 1 amide bonds. The van der Waals surface area contributed by atoms with E-state index in [1.165, 1.54) is 35.2 Å². The number of nitrogens with one attached hydrogen (secondary N) is 2. The highest BCUT2D eigenvalue weighted by Crippen LogP contribution is 2.30. The lowest BCUT2D eigenvalue weighted by Gasteiger charge is -2.11. The van der Waals surface area contributed by atoms with Crippen molar-refractivity contribution in [3.63, 3.8) is 0 Å². The average molecular weight is 414 g/mol. The van der Waals surface area contributed by atoms with E-state index in [-0.39, 0.29) is 11.7 Å². The summed E-state index contributed by atoms with van der Waals surface area (Å²) >= 11 is 2.63. The Morgan fingerprint density at radius 3 is 2.75 bits per heavy atom. The summed E-state index contributed by atoms with van der Waals surface area (Å²) in [4.78, 5) is 12.4. The van der Waals surface area contributed by atoms with Gasteiger partial charge in [0.1, 0.15) is 11.9 Å². The molecule has 9 heteroatoms. The maximum atomic E-state index is 12.9. The fourth-order valence-electron chi connectivity index (χ4n) is 2.24. The zero-order valence-corrected chi connectivity index (χ0v) is 16.5. The van der Waals surface area contributed by atoms with Gasteiger partial charge < -0.3 is 10.6 Å². The third kappa shape index (κ3) is 5.28. The van der Waals surface area contributed by atoms with Gasteiger partial charge >= 0.3 is 0 Å². The van der Waals surface area contributed by atoms with Crippen molar-refractivity contribution in [1.29, 1.82) is 5.26 Å². The first-order valence-electron chi connectivity index (χ1n) is 8.33. The maximum Gasteiger partial charge on any atom is 0.237 e. The summed E-state index contributed by atoms with van der Waals surface area (Å²) < 4.78 is 13.6. The Morgan fingerprint density at radius 2 is 2.00 bits per heavy atom. The molecular formula is C19H16FN5OS2. The summed E-state index contributed by atoms with van der Waals surface area (Å²) in [5, 5.41) is 23.4. The van der Waals surface area contributed by atoms with Crippen molar-refractivity contribution in [1.82, 2.24) is 10.2 Å². The molecule has 0 radical (unpaired) electrons. The number of nitriles is 1. The van der Waals surface area contributed by atoms with Gasteiger partial charge in [-0.15, -0.1) is 10.2 Å². The number of hydrogen-bond acceptors (Lipinski definition) is 7. The molecule has 0 spiro atoms. The molecule has 2 N–H and O–H groups in total. The number of halogens is 1. The van der Waals surface area contributed by atoms with Crippen LogP contribution in [0.3, 0.4) is 0 Å². The molecule has 0 saturated heterocycles. The minimum absolute atomic E-state index is 0.219. The average Bonchev–Trinajstić information content (AvgIpc) is 3.15. The number of thioether (sulfide) groups is 1. The smallest absolute Gasteiger partial charge is 0.237 e. The second kappa shape index (κ2) is 9.30. The number of rotatable bonds is 7. The SMILES string of the molecule is C[C@@H](Sc1nnc(NCc2ccc(F)cc2)s1)C(=O)Nc1ccccc1C#N. The minimum atomic E-state index is -0.412. The Bertz CT molecular complexity index is 1000. The van der Waals surface area contributed by atoms with Gasteiger partial charge in [0.2, 0.25) is 11.0 Å². The molecule has 0 fully saturated rings. The lowest BCUT2D eigenvalue weighted by atomic mass is 10.2. The van der Waals surface area contributed by atoms with Crippen LogP contribution >= 0.6 is 23.1 Å². The number of nitrogens with zero attached hydrogens (tertiary/aromatic N) is 3. The Kier molecular flexibility index (Phi) is 6.57. The molecule has 3 rings (SSSR count). The van der Waals surface area contributed by atoms with E-state index >= 15 is 0 Å². The van der Waals surface area contributed by atoms with Gasteiger partial charge in [-0.25, -0.2) is 4.39 Å². The van der Waals surface area contributed by atoms with E-state index in [0.29, 0.717) is 27.3 Å². The van der Waals surface area contributed by atoms with E-state index in [0.717, 1.165) is 5.56 Å². The van der Waals surface area contributed by atoms with Gasteiger partial charge in [0.15, 0.2) is 4.34 Å². The van der Waals surface area contributed by atoms with Crippen LogP contribution in [-0.4, -0.2) is 21.4 Å². The zero-order valence-electron chi connectivity index (χ0n) is 14.8. The first-order chi connectivity index (χ1) is 13.5. The van der Waals surface area contributed by atoms with Gasteiger partial charge in [0.25, 0.3) is 0 Å². The van der Waals surface area contributed by atoms with Gasteiger partial charge in [-0.1, -0.05) is 47.4 Å². The summed E-state index contributed by atoms with van der Waals surface area (Å²) in [6.45, 7) is 2.27. The molecule has 0 aliphatic rings. The van der Waals surface area contributed by atoms with E-state index in [1.54, 1.807) is 43.3 Å². The van der Waals surface area contributed by atoms with Crippen molar-refractivity contribution in [2.24, 2.45) is 0 Å². The topological polar surface area (TPSA) is 90.7 Å². The molecule has 2 aromatic carbocycles. The molecule has 3 aromatic rings. The van der Waals surface area contributed by atoms with Gasteiger partial charge in [0.05, 0.1) is 16.5 Å². The van der Waals surface area contributed by atoms with Crippen molar-refractivity contribution < 1.29 is 9.18 Å². The van der Waals surface area contributed by atoms with Crippen molar-refractivity contribution in [2.75, 3.05) is 10.6 Å². The Balaban J connectivity index is 1.54. The van der Waals surface area contributed by atoms with Crippen LogP contribution in [0.1, 0.15) is 18.1 Å². The molecule has 1 atom stereocenters. The predicted octanol–water partition coefficient (Wildman–Crippen LogP) is 4.28. The summed E-state index contributed by atoms with van der Waals surface area (Å²) in [7, 11) is 0. The molecule has 0 aliphatic heterocycles. The fraction of sp³-hybridized carbons (Fsp3) is 0.158. The van der Waals surface area contributed by atoms with Crippen LogP contribution in [0.15, 0.2) is 52.9 Å². The third-order valence-electron chi connectivity index (χ3n) is 3.72. The van der Waals surface area contributed by atoms with Crippen molar-refractivity contribution in [2.45, 2.75) is 23.1 Å². The van der Waals surface area contributed by atoms with Crippen molar-refractivity contribution in [3.8, 4) is 6.07 Å². The maximum absolute atomic E-state index is 12.9. The van der Waals surface area contributed by atoms with E-state index < -0.39 is 5.25 Å². The largest absolute Gasteiger partial charge is 0.356 e. The Hall–Kier alpha value is -2.96. The summed E-state index contributed by atoms with van der Waals surface area (Å²) in [5.74, 6) is -0.494. The van der Waals surface area contributed by atoms with Crippen LogP contribution in [0, 0.1) is 17.1 Å². The number of aromatic nitrogens is 2. The fourth-order valence-corrected chi connectivity index (χ4v) is 4.13. The van der Waals surface area contributed by atoms with E-state index in [2.05, 4.69) is 26.9 Å². The summed E-state index contributed by atoms with van der Waals surface area (Å²) in [5.41, 5.74) is 1.83. The molecular weight excluding hydrogens is 397 g/mol. The predicted molar refractivity (Wildman–Crippen MR) is 109 cm³/mol. The van der Waals surface area contributed by atoms with E-state index in [1.807, 2.05) is 0 Å². The lowest BCUT2D eigenvalue weighted by Crippen LogP contribution is -2.22. The van der Waals surface area contributed by atoms with Crippen LogP contribution in [0.5, 0.6) is 0 Å². The highest BCUT2D eigenvalue weighted by Gasteiger charge is 2.18. The molecule has 0 bridgehead atoms. The summed E-state index contributed by atoms with van der Waals surface area (Å²) in [6.07, 6.45) is 0. The molecule has 28 heavy (non-hydrogen) atoms. The Morgan fingerprint density at radius 1 is 1.25 bits per heavy atom. The number of carbonyl (C=O) groups excluding carboxylic acids is 1. The quantitative estimate of drug-likeness (QED) is 0.562. The molecule has 6 nitrogen and oxygen atoms in total. The monoisotopic (exact) mass is 413 g/mol. The normalized spacial score (nSPS) is 11.5. The van der Waals surface area contributed by atoms with Crippen LogP contribution in [0.2, 0.25) is 0 Å². The van der Waals surface area contributed by atoms with Gasteiger partial charge in [0, 0.05) is 6.54 Å². The van der Waals surface area contributed by atoms with Crippen molar-refractivity contribution >= 4 is 39.8 Å². The second-order valence-electron chi connectivity index (χ2n) is 5.76. The van der Waals surface area contributed by atoms with Gasteiger partial charge in [-0.2, -0.15) is 5.26 Å². The van der Waals surface area contributed by atoms with Crippen molar-refractivity contribution in [3.05, 3.63) is 65.5 Å². The van der Waals surface area contributed by atoms with Gasteiger partial charge in [-0.3, -0.25) is 4.79 Å². The number of carbonyl (C=O) groups is 1. The lowest BCUT2D eigenvalue weighted by molar-refractivity contribution is -0.115. The highest BCUT2D eigenvalue weighted by molar-refractivity contribution is 8.02. The number of hydrogen-bond donors (Lipinski definition) is 2. The summed E-state index contributed by atoms with van der Waals surface area (Å²) in [6, 6.07) is 15.1. The van der Waals surface area contributed by atoms with Crippen LogP contribution in [-0.2, 0) is 11.3 Å². The molecule has 0 saturated carbocycles. The number of para-hydroxylation sites is 1. The standard InChI is InChI=1S/C19H16FN5OS2/c1-12(17(26)23-16-5-3-2-4-14(16)10-21)27-19-25-24-18(28-19)22-11-13-6-8-15(20)9-7-13/h2-9,12H,11H2,1H3,(H,22,24)(H,23,26)/t12-/m1/s1. The molecule has 0 aliphatic carbocycles. The van der Waals surface area contributed by atoms with E-state index in [4.69, 9.17) is 5.26 Å². The van der Waals surface area contributed by atoms with Crippen LogP contribution in [0.25, 0.3) is 0 Å². The number of anilines is 2. The third-order valence-corrected chi connectivity index (χ3v) is 5.78. The zero-order chi connectivity index (χ0) is 19.9. The minimum Gasteiger partial charge on any atom is -0.356 e. The first-order valence-corrected chi connectivity index (χ1v) is 10.0. The molecule has 1 heterocycles. The van der Waals surface area contributed by atoms with Crippen LogP contribution in [0.4, 0.5) is 15.2 Å². The number of benzene rings is 2. The molecule has 142 valence electrons. The Labute approximate surface area is 169 Å². The molecule has 1 aromatic heterocycles. The highest BCUT2D eigenvalue weighted by atomic mass is 32.2. The van der Waals surface area contributed by atoms with Crippen LogP contribution < -0.4 is 10.6 Å². The molecule has 0 unspecified atom stereocenters. The number of amides is 1. The first kappa shape index (κ1) is 19.8.